The molecule has 22 heavy (non-hydrogen) atoms. The molecule has 0 spiro atoms. The van der Waals surface area contributed by atoms with Gasteiger partial charge in [-0.1, -0.05) is 18.2 Å². The summed E-state index contributed by atoms with van der Waals surface area (Å²) in [5.41, 5.74) is 2.13. The smallest absolute Gasteiger partial charge is 0.261 e. The van der Waals surface area contributed by atoms with Crippen molar-refractivity contribution in [1.82, 2.24) is 9.88 Å². The summed E-state index contributed by atoms with van der Waals surface area (Å²) >= 11 is 0. The maximum absolute atomic E-state index is 12.5. The lowest BCUT2D eigenvalue weighted by molar-refractivity contribution is 0.0586. The maximum atomic E-state index is 12.5. The minimum atomic E-state index is -0.146. The van der Waals surface area contributed by atoms with E-state index in [0.29, 0.717) is 17.0 Å². The fraction of sp³-hybridized carbons (Fsp3) is 0.278. The Morgan fingerprint density at radius 3 is 2.23 bits per heavy atom. The molecule has 1 fully saturated rings. The van der Waals surface area contributed by atoms with Crippen molar-refractivity contribution in [3.63, 3.8) is 0 Å². The summed E-state index contributed by atoms with van der Waals surface area (Å²) in [4.78, 5) is 30.9. The van der Waals surface area contributed by atoms with Gasteiger partial charge in [-0.2, -0.15) is 0 Å². The third kappa shape index (κ3) is 1.95. The minimum Gasteiger partial charge on any atom is -0.271 e. The van der Waals surface area contributed by atoms with Crippen molar-refractivity contribution < 1.29 is 9.59 Å². The number of nitrogens with zero attached hydrogens (tertiary/aromatic N) is 2. The fourth-order valence-corrected chi connectivity index (χ4v) is 3.62. The summed E-state index contributed by atoms with van der Waals surface area (Å²) < 4.78 is 0. The van der Waals surface area contributed by atoms with E-state index < -0.39 is 0 Å². The van der Waals surface area contributed by atoms with Gasteiger partial charge in [0, 0.05) is 23.9 Å². The number of amides is 2. The molecule has 1 aromatic carbocycles. The molecule has 1 aliphatic carbocycles. The van der Waals surface area contributed by atoms with Crippen molar-refractivity contribution in [2.75, 3.05) is 0 Å². The zero-order chi connectivity index (χ0) is 15.1. The van der Waals surface area contributed by atoms with Gasteiger partial charge < -0.3 is 0 Å². The molecule has 2 atom stereocenters. The van der Waals surface area contributed by atoms with Gasteiger partial charge in [0.1, 0.15) is 0 Å². The number of fused-ring (bicyclic) bond motifs is 1. The Labute approximate surface area is 128 Å². The van der Waals surface area contributed by atoms with Gasteiger partial charge in [0.15, 0.2) is 0 Å². The third-order valence-electron chi connectivity index (χ3n) is 4.70. The molecule has 0 N–H and O–H groups in total. The molecule has 110 valence electrons. The number of hydrogen-bond acceptors (Lipinski definition) is 3. The second kappa shape index (κ2) is 5.05. The molecule has 0 bridgehead atoms. The van der Waals surface area contributed by atoms with E-state index in [-0.39, 0.29) is 17.9 Å². The first-order valence-corrected chi connectivity index (χ1v) is 7.63. The van der Waals surface area contributed by atoms with E-state index in [0.717, 1.165) is 25.0 Å². The van der Waals surface area contributed by atoms with Crippen molar-refractivity contribution in [3.8, 4) is 0 Å². The largest absolute Gasteiger partial charge is 0.271 e. The Morgan fingerprint density at radius 1 is 0.909 bits per heavy atom. The van der Waals surface area contributed by atoms with Crippen molar-refractivity contribution in [2.24, 2.45) is 0 Å². The molecular formula is C18H16N2O2. The molecule has 4 rings (SSSR count). The summed E-state index contributed by atoms with van der Waals surface area (Å²) in [5.74, 6) is 0.0371. The molecule has 0 unspecified atom stereocenters. The summed E-state index contributed by atoms with van der Waals surface area (Å²) in [7, 11) is 0. The van der Waals surface area contributed by atoms with E-state index in [1.807, 2.05) is 18.2 Å². The summed E-state index contributed by atoms with van der Waals surface area (Å²) in [6.45, 7) is 0. The molecule has 1 aromatic heterocycles. The highest BCUT2D eigenvalue weighted by molar-refractivity contribution is 6.21. The Morgan fingerprint density at radius 2 is 1.59 bits per heavy atom. The predicted octanol–water partition coefficient (Wildman–Crippen LogP) is 3.01. The number of pyridine rings is 1. The summed E-state index contributed by atoms with van der Waals surface area (Å²) in [6.07, 6.45) is 4.43. The van der Waals surface area contributed by atoms with Gasteiger partial charge >= 0.3 is 0 Å². The zero-order valence-corrected chi connectivity index (χ0v) is 12.1. The lowest BCUT2D eigenvalue weighted by Gasteiger charge is -2.22. The molecule has 0 radical (unpaired) electrons. The van der Waals surface area contributed by atoms with Gasteiger partial charge in [-0.3, -0.25) is 19.5 Å². The van der Waals surface area contributed by atoms with Crippen LogP contribution < -0.4 is 0 Å². The second-order valence-electron chi connectivity index (χ2n) is 5.94. The van der Waals surface area contributed by atoms with E-state index in [1.54, 1.807) is 30.5 Å². The molecule has 4 nitrogen and oxygen atoms in total. The number of aromatic nitrogens is 1. The number of carbonyl (C=O) groups excluding carboxylic acids is 2. The monoisotopic (exact) mass is 292 g/mol. The number of imide groups is 1. The van der Waals surface area contributed by atoms with Gasteiger partial charge in [0.25, 0.3) is 11.8 Å². The first-order valence-electron chi connectivity index (χ1n) is 7.63. The van der Waals surface area contributed by atoms with Crippen LogP contribution in [-0.4, -0.2) is 27.7 Å². The van der Waals surface area contributed by atoms with Gasteiger partial charge in [-0.05, 0) is 43.5 Å². The Kier molecular flexibility index (Phi) is 3.03. The quantitative estimate of drug-likeness (QED) is 0.799. The van der Waals surface area contributed by atoms with Crippen LogP contribution in [0.4, 0.5) is 0 Å². The van der Waals surface area contributed by atoms with E-state index in [4.69, 9.17) is 0 Å². The fourth-order valence-electron chi connectivity index (χ4n) is 3.62. The van der Waals surface area contributed by atoms with Crippen molar-refractivity contribution in [1.29, 1.82) is 0 Å². The normalized spacial score (nSPS) is 23.9. The number of benzene rings is 1. The van der Waals surface area contributed by atoms with Crippen LogP contribution in [0.3, 0.4) is 0 Å². The van der Waals surface area contributed by atoms with Crippen LogP contribution in [0.15, 0.2) is 48.7 Å². The first kappa shape index (κ1) is 13.2. The number of carbonyl (C=O) groups is 2. The third-order valence-corrected chi connectivity index (χ3v) is 4.70. The van der Waals surface area contributed by atoms with E-state index in [2.05, 4.69) is 4.98 Å². The molecule has 1 saturated carbocycles. The molecule has 4 heteroatoms. The van der Waals surface area contributed by atoms with Crippen LogP contribution in [0.2, 0.25) is 0 Å². The molecule has 2 amide bonds. The molecule has 2 aromatic rings. The van der Waals surface area contributed by atoms with Crippen LogP contribution in [0.1, 0.15) is 51.6 Å². The van der Waals surface area contributed by atoms with Gasteiger partial charge in [0.05, 0.1) is 11.1 Å². The van der Waals surface area contributed by atoms with Crippen LogP contribution in [0.5, 0.6) is 0 Å². The summed E-state index contributed by atoms with van der Waals surface area (Å²) in [5, 5.41) is 0. The molecule has 1 aliphatic heterocycles. The predicted molar refractivity (Wildman–Crippen MR) is 81.6 cm³/mol. The highest BCUT2D eigenvalue weighted by atomic mass is 16.2. The van der Waals surface area contributed by atoms with Gasteiger partial charge in [-0.25, -0.2) is 0 Å². The van der Waals surface area contributed by atoms with Gasteiger partial charge in [0.2, 0.25) is 0 Å². The topological polar surface area (TPSA) is 50.3 Å². The number of rotatable bonds is 2. The maximum Gasteiger partial charge on any atom is 0.261 e. The van der Waals surface area contributed by atoms with Crippen LogP contribution in [-0.2, 0) is 0 Å². The Hall–Kier alpha value is -2.49. The number of hydrogen-bond donors (Lipinski definition) is 0. The van der Waals surface area contributed by atoms with E-state index in [9.17, 15) is 9.59 Å². The van der Waals surface area contributed by atoms with E-state index in [1.165, 1.54) is 4.90 Å². The molecular weight excluding hydrogens is 276 g/mol. The van der Waals surface area contributed by atoms with Gasteiger partial charge in [-0.15, -0.1) is 0 Å². The molecule has 2 aliphatic rings. The molecule has 2 heterocycles. The Bertz CT molecular complexity index is 707. The standard InChI is InChI=1S/C18H16N2O2/c21-17-14-5-1-2-6-15(14)18(22)20(17)13-9-8-12(11-13)16-7-3-4-10-19-16/h1-7,10,12-13H,8-9,11H2/t12-,13+/m0/s1. The average Bonchev–Trinajstić information content (AvgIpc) is 3.13. The van der Waals surface area contributed by atoms with Crippen molar-refractivity contribution in [3.05, 3.63) is 65.5 Å². The van der Waals surface area contributed by atoms with Crippen molar-refractivity contribution in [2.45, 2.75) is 31.2 Å². The molecule has 0 saturated heterocycles. The lowest BCUT2D eigenvalue weighted by Crippen LogP contribution is -2.38. The van der Waals surface area contributed by atoms with Crippen LogP contribution in [0.25, 0.3) is 0 Å². The Balaban J connectivity index is 1.58. The minimum absolute atomic E-state index is 0.0144. The highest BCUT2D eigenvalue weighted by Gasteiger charge is 2.42. The van der Waals surface area contributed by atoms with Crippen LogP contribution >= 0.6 is 0 Å². The zero-order valence-electron chi connectivity index (χ0n) is 12.1. The SMILES string of the molecule is O=C1c2ccccc2C(=O)N1[C@@H]1CC[C@H](c2ccccn2)C1. The van der Waals surface area contributed by atoms with Crippen molar-refractivity contribution >= 4 is 11.8 Å². The summed E-state index contributed by atoms with van der Waals surface area (Å²) in [6, 6.07) is 13.0. The first-order chi connectivity index (χ1) is 10.8. The van der Waals surface area contributed by atoms with Crippen LogP contribution in [0, 0.1) is 0 Å². The average molecular weight is 292 g/mol. The highest BCUT2D eigenvalue weighted by Crippen LogP contribution is 2.38. The lowest BCUT2D eigenvalue weighted by atomic mass is 10.0. The van der Waals surface area contributed by atoms with E-state index >= 15 is 0 Å². The second-order valence-corrected chi connectivity index (χ2v) is 5.94.